The molecule has 0 spiro atoms. The number of hydrogen-bond acceptors (Lipinski definition) is 12. The lowest BCUT2D eigenvalue weighted by atomic mass is 10.0. The van der Waals surface area contributed by atoms with Crippen LogP contribution in [0.3, 0.4) is 0 Å². The van der Waals surface area contributed by atoms with Crippen LogP contribution in [0.5, 0.6) is 23.0 Å². The molecular weight excluding hydrogens is 841 g/mol. The van der Waals surface area contributed by atoms with Crippen molar-refractivity contribution in [3.63, 3.8) is 0 Å². The van der Waals surface area contributed by atoms with Crippen LogP contribution < -0.4 is 18.9 Å². The third kappa shape index (κ3) is 11.6. The van der Waals surface area contributed by atoms with Crippen molar-refractivity contribution in [3.8, 4) is 45.3 Å². The Morgan fingerprint density at radius 1 is 0.439 bits per heavy atom. The van der Waals surface area contributed by atoms with E-state index < -0.39 is 47.9 Å². The van der Waals surface area contributed by atoms with E-state index in [1.54, 1.807) is 36.4 Å². The molecule has 12 nitrogen and oxygen atoms in total. The van der Waals surface area contributed by atoms with E-state index in [1.807, 2.05) is 88.4 Å². The molecule has 4 atom stereocenters. The first-order chi connectivity index (χ1) is 31.8. The highest BCUT2D eigenvalue weighted by atomic mass is 16.8. The van der Waals surface area contributed by atoms with Crippen molar-refractivity contribution in [2.45, 2.75) is 76.9 Å². The summed E-state index contributed by atoms with van der Waals surface area (Å²) in [6.07, 6.45) is -2.60. The molecule has 342 valence electrons. The Hall–Kier alpha value is -6.70. The third-order valence-corrected chi connectivity index (χ3v) is 11.1. The van der Waals surface area contributed by atoms with Gasteiger partial charge in [0.2, 0.25) is 0 Å². The molecule has 0 N–H and O–H groups in total. The summed E-state index contributed by atoms with van der Waals surface area (Å²) < 4.78 is 60.9. The van der Waals surface area contributed by atoms with Gasteiger partial charge in [-0.1, -0.05) is 109 Å². The molecule has 0 amide bonds. The molecule has 6 aromatic carbocycles. The number of hydrogen-bond donors (Lipinski definition) is 0. The number of ether oxygens (including phenoxy) is 10. The standard InChI is InChI=1S/C54H54O12/c1-53(2)63-47(33-61-45-27-41(51(55)57-5)25-43(29-45)59-31-35-17-21-39(22-18-35)37-13-9-7-10-14-37)49(65-53)50-48(64-54(3,4)66-50)34-62-46-28-42(52(56)58-6)26-44(30-46)60-32-36-19-23-40(24-20-36)38-15-11-8-12-16-38/h7-30,47-50H,31-34H2,1-6H3/t47-,48+,49+,50-. The van der Waals surface area contributed by atoms with Crippen LogP contribution in [0.15, 0.2) is 146 Å². The molecule has 8 rings (SSSR count). The molecule has 0 bridgehead atoms. The monoisotopic (exact) mass is 894 g/mol. The van der Waals surface area contributed by atoms with E-state index in [-0.39, 0.29) is 37.6 Å². The van der Waals surface area contributed by atoms with E-state index in [0.717, 1.165) is 33.4 Å². The van der Waals surface area contributed by atoms with Crippen molar-refractivity contribution >= 4 is 11.9 Å². The number of benzene rings is 6. The highest BCUT2D eigenvalue weighted by molar-refractivity contribution is 5.91. The second kappa shape index (κ2) is 20.2. The van der Waals surface area contributed by atoms with Crippen LogP contribution in [-0.2, 0) is 41.6 Å². The normalized spacial score (nSPS) is 19.4. The predicted molar refractivity (Wildman–Crippen MR) is 247 cm³/mol. The average molecular weight is 895 g/mol. The Kier molecular flexibility index (Phi) is 14.0. The fourth-order valence-electron chi connectivity index (χ4n) is 8.03. The van der Waals surface area contributed by atoms with E-state index in [4.69, 9.17) is 47.4 Å². The molecule has 0 aromatic heterocycles. The predicted octanol–water partition coefficient (Wildman–Crippen LogP) is 10.2. The lowest BCUT2D eigenvalue weighted by Crippen LogP contribution is -2.45. The minimum Gasteiger partial charge on any atom is -0.491 e. The van der Waals surface area contributed by atoms with Crippen molar-refractivity contribution in [3.05, 3.63) is 168 Å². The molecule has 2 fully saturated rings. The van der Waals surface area contributed by atoms with Crippen LogP contribution >= 0.6 is 0 Å². The van der Waals surface area contributed by atoms with E-state index >= 15 is 0 Å². The molecule has 2 aliphatic rings. The Labute approximate surface area is 385 Å². The zero-order valence-corrected chi connectivity index (χ0v) is 37.9. The summed E-state index contributed by atoms with van der Waals surface area (Å²) in [6, 6.07) is 46.4. The summed E-state index contributed by atoms with van der Waals surface area (Å²) in [4.78, 5) is 25.6. The van der Waals surface area contributed by atoms with Crippen molar-refractivity contribution in [2.75, 3.05) is 27.4 Å². The second-order valence-corrected chi connectivity index (χ2v) is 17.0. The zero-order valence-electron chi connectivity index (χ0n) is 37.9. The van der Waals surface area contributed by atoms with E-state index in [1.165, 1.54) is 14.2 Å². The molecule has 2 aliphatic heterocycles. The SMILES string of the molecule is COC(=O)c1cc(OCc2ccc(-c3ccccc3)cc2)cc(OC[C@@H]2OC(C)(C)O[C@H]2[C@H]2OC(C)(C)O[C@@H]2COc2cc(OCc3ccc(-c4ccccc4)cc3)cc(C(=O)OC)c2)c1. The molecule has 0 unspecified atom stereocenters. The van der Waals surface area contributed by atoms with Gasteiger partial charge in [-0.2, -0.15) is 0 Å². The first kappa shape index (κ1) is 45.9. The summed E-state index contributed by atoms with van der Waals surface area (Å²) in [6.45, 7) is 7.87. The van der Waals surface area contributed by atoms with Crippen LogP contribution in [0, 0.1) is 0 Å². The topological polar surface area (TPSA) is 126 Å². The quantitative estimate of drug-likeness (QED) is 0.0809. The van der Waals surface area contributed by atoms with Crippen LogP contribution in [0.2, 0.25) is 0 Å². The van der Waals surface area contributed by atoms with Crippen molar-refractivity contribution in [2.24, 2.45) is 0 Å². The van der Waals surface area contributed by atoms with Gasteiger partial charge in [0.15, 0.2) is 11.6 Å². The minimum absolute atomic E-state index is 0.0316. The lowest BCUT2D eigenvalue weighted by molar-refractivity contribution is -0.175. The van der Waals surface area contributed by atoms with Gasteiger partial charge in [0.05, 0.1) is 25.3 Å². The van der Waals surface area contributed by atoms with Gasteiger partial charge >= 0.3 is 11.9 Å². The van der Waals surface area contributed by atoms with Crippen LogP contribution in [-0.4, -0.2) is 75.4 Å². The third-order valence-electron chi connectivity index (χ3n) is 11.1. The van der Waals surface area contributed by atoms with Crippen molar-refractivity contribution in [1.82, 2.24) is 0 Å². The van der Waals surface area contributed by atoms with Crippen molar-refractivity contribution in [1.29, 1.82) is 0 Å². The number of esters is 2. The number of carbonyl (C=O) groups is 2. The maximum absolute atomic E-state index is 12.8. The molecule has 0 saturated carbocycles. The van der Waals surface area contributed by atoms with Gasteiger partial charge in [-0.25, -0.2) is 9.59 Å². The van der Waals surface area contributed by atoms with E-state index in [9.17, 15) is 9.59 Å². The molecular formula is C54H54O12. The maximum atomic E-state index is 12.8. The van der Waals surface area contributed by atoms with E-state index in [0.29, 0.717) is 23.0 Å². The Balaban J connectivity index is 0.939. The molecule has 0 aliphatic carbocycles. The molecule has 6 aromatic rings. The average Bonchev–Trinajstić information content (AvgIpc) is 3.83. The van der Waals surface area contributed by atoms with Gasteiger partial charge in [-0.3, -0.25) is 0 Å². The molecule has 2 saturated heterocycles. The molecule has 12 heteroatoms. The van der Waals surface area contributed by atoms with Gasteiger partial charge in [0.1, 0.15) is 73.8 Å². The zero-order chi connectivity index (χ0) is 46.3. The summed E-state index contributed by atoms with van der Waals surface area (Å²) in [5.41, 5.74) is 6.88. The van der Waals surface area contributed by atoms with Crippen molar-refractivity contribution < 1.29 is 57.0 Å². The Morgan fingerprint density at radius 3 is 1.12 bits per heavy atom. The maximum Gasteiger partial charge on any atom is 0.338 e. The van der Waals surface area contributed by atoms with Gasteiger partial charge in [-0.05, 0) is 85.3 Å². The van der Waals surface area contributed by atoms with Crippen LogP contribution in [0.4, 0.5) is 0 Å². The summed E-state index contributed by atoms with van der Waals surface area (Å²) in [5, 5.41) is 0. The van der Waals surface area contributed by atoms with Gasteiger partial charge < -0.3 is 47.4 Å². The highest BCUT2D eigenvalue weighted by Gasteiger charge is 2.54. The van der Waals surface area contributed by atoms with E-state index in [2.05, 4.69) is 48.5 Å². The van der Waals surface area contributed by atoms with Crippen LogP contribution in [0.1, 0.15) is 59.5 Å². The molecule has 0 radical (unpaired) electrons. The highest BCUT2D eigenvalue weighted by Crippen LogP contribution is 2.40. The fourth-order valence-corrected chi connectivity index (χ4v) is 8.03. The number of methoxy groups -OCH3 is 2. The van der Waals surface area contributed by atoms with Gasteiger partial charge in [0.25, 0.3) is 0 Å². The number of rotatable bonds is 17. The Morgan fingerprint density at radius 2 is 0.773 bits per heavy atom. The molecule has 66 heavy (non-hydrogen) atoms. The summed E-state index contributed by atoms with van der Waals surface area (Å²) >= 11 is 0. The summed E-state index contributed by atoms with van der Waals surface area (Å²) in [5.74, 6) is -1.48. The van der Waals surface area contributed by atoms with Gasteiger partial charge in [-0.15, -0.1) is 0 Å². The Bertz CT molecular complexity index is 2390. The lowest BCUT2D eigenvalue weighted by Gasteiger charge is -2.26. The minimum atomic E-state index is -0.999. The smallest absolute Gasteiger partial charge is 0.338 e. The van der Waals surface area contributed by atoms with Gasteiger partial charge in [0, 0.05) is 12.1 Å². The largest absolute Gasteiger partial charge is 0.491 e. The second-order valence-electron chi connectivity index (χ2n) is 17.0. The first-order valence-electron chi connectivity index (χ1n) is 21.8. The summed E-state index contributed by atoms with van der Waals surface area (Å²) in [7, 11) is 2.64. The fraction of sp³-hybridized carbons (Fsp3) is 0.296. The van der Waals surface area contributed by atoms with Crippen LogP contribution in [0.25, 0.3) is 22.3 Å². The number of carbonyl (C=O) groups excluding carboxylic acids is 2. The first-order valence-corrected chi connectivity index (χ1v) is 21.8. The molecule has 2 heterocycles.